The topological polar surface area (TPSA) is 59.3 Å². The van der Waals surface area contributed by atoms with Crippen LogP contribution in [0.15, 0.2) is 67.0 Å². The van der Waals surface area contributed by atoms with Crippen molar-refractivity contribution in [1.82, 2.24) is 14.4 Å². The average molecular weight is 414 g/mol. The molecule has 0 aliphatic carbocycles. The van der Waals surface area contributed by atoms with E-state index in [9.17, 15) is 22.4 Å². The molecule has 0 aliphatic heterocycles. The smallest absolute Gasteiger partial charge is 0.309 e. The van der Waals surface area contributed by atoms with Gasteiger partial charge >= 0.3 is 6.18 Å². The van der Waals surface area contributed by atoms with Crippen molar-refractivity contribution in [3.05, 3.63) is 83.9 Å². The molecule has 4 aromatic rings. The highest BCUT2D eigenvalue weighted by Crippen LogP contribution is 2.33. The minimum absolute atomic E-state index is 0.0145. The molecule has 0 saturated heterocycles. The first kappa shape index (κ1) is 19.6. The van der Waals surface area contributed by atoms with E-state index >= 15 is 0 Å². The Morgan fingerprint density at radius 1 is 1.07 bits per heavy atom. The van der Waals surface area contributed by atoms with Crippen LogP contribution in [-0.2, 0) is 17.4 Å². The normalized spacial score (nSPS) is 11.6. The number of benzene rings is 1. The molecule has 9 heteroatoms. The van der Waals surface area contributed by atoms with Gasteiger partial charge in [-0.3, -0.25) is 14.2 Å². The summed E-state index contributed by atoms with van der Waals surface area (Å²) < 4.78 is 54.1. The molecule has 0 atom stereocenters. The molecule has 30 heavy (non-hydrogen) atoms. The lowest BCUT2D eigenvalue weighted by Gasteiger charge is -2.10. The van der Waals surface area contributed by atoms with Gasteiger partial charge in [0.05, 0.1) is 17.7 Å². The fourth-order valence-electron chi connectivity index (χ4n) is 3.03. The van der Waals surface area contributed by atoms with Crippen LogP contribution in [0.2, 0.25) is 0 Å². The molecule has 0 saturated carbocycles. The van der Waals surface area contributed by atoms with Gasteiger partial charge in [0, 0.05) is 12.4 Å². The number of fused-ring (bicyclic) bond motifs is 1. The minimum atomic E-state index is -4.54. The van der Waals surface area contributed by atoms with Crippen LogP contribution < -0.4 is 5.32 Å². The zero-order chi connectivity index (χ0) is 21.3. The number of alkyl halides is 3. The number of amides is 1. The molecule has 0 unspecified atom stereocenters. The summed E-state index contributed by atoms with van der Waals surface area (Å²) in [4.78, 5) is 20.9. The van der Waals surface area contributed by atoms with E-state index < -0.39 is 23.5 Å². The number of nitrogens with zero attached hydrogens (tertiary/aromatic N) is 3. The van der Waals surface area contributed by atoms with E-state index in [-0.39, 0.29) is 23.6 Å². The van der Waals surface area contributed by atoms with Crippen molar-refractivity contribution in [3.8, 4) is 11.4 Å². The van der Waals surface area contributed by atoms with Crippen molar-refractivity contribution in [3.63, 3.8) is 0 Å². The van der Waals surface area contributed by atoms with E-state index in [1.165, 1.54) is 24.3 Å². The maximum Gasteiger partial charge on any atom is 0.416 e. The maximum absolute atomic E-state index is 13.2. The number of nitrogens with one attached hydrogen (secondary N) is 1. The Bertz CT molecular complexity index is 1220. The van der Waals surface area contributed by atoms with Crippen LogP contribution in [0.1, 0.15) is 11.1 Å². The van der Waals surface area contributed by atoms with E-state index in [2.05, 4.69) is 15.3 Å². The predicted molar refractivity (Wildman–Crippen MR) is 102 cm³/mol. The molecule has 3 heterocycles. The van der Waals surface area contributed by atoms with Gasteiger partial charge in [-0.15, -0.1) is 0 Å². The Hall–Kier alpha value is -3.75. The molecule has 0 aliphatic rings. The number of hydrogen-bond donors (Lipinski definition) is 1. The zero-order valence-corrected chi connectivity index (χ0v) is 15.3. The van der Waals surface area contributed by atoms with Gasteiger partial charge in [0.25, 0.3) is 0 Å². The second-order valence-corrected chi connectivity index (χ2v) is 6.52. The summed E-state index contributed by atoms with van der Waals surface area (Å²) in [5.41, 5.74) is 0.395. The van der Waals surface area contributed by atoms with Crippen LogP contribution in [0.3, 0.4) is 0 Å². The van der Waals surface area contributed by atoms with Crippen LogP contribution in [0.4, 0.5) is 23.4 Å². The Labute approximate surface area is 168 Å². The van der Waals surface area contributed by atoms with Gasteiger partial charge in [-0.1, -0.05) is 18.2 Å². The molecule has 0 spiro atoms. The van der Waals surface area contributed by atoms with Crippen molar-refractivity contribution in [1.29, 1.82) is 0 Å². The molecule has 5 nitrogen and oxygen atoms in total. The molecule has 1 N–H and O–H groups in total. The Kier molecular flexibility index (Phi) is 4.94. The standard InChI is InChI=1S/C21H14F4N4O/c22-15-6-4-13(5-7-15)11-18(30)28-20-19(29-10-2-1-3-17(29)27-20)16-12-14(8-9-26-16)21(23,24)25/h1-10,12H,11H2,(H,28,30). The highest BCUT2D eigenvalue weighted by Gasteiger charge is 2.31. The summed E-state index contributed by atoms with van der Waals surface area (Å²) in [6.45, 7) is 0. The summed E-state index contributed by atoms with van der Waals surface area (Å²) in [5, 5.41) is 2.63. The van der Waals surface area contributed by atoms with E-state index in [4.69, 9.17) is 0 Å². The highest BCUT2D eigenvalue weighted by atomic mass is 19.4. The molecule has 3 aromatic heterocycles. The molecule has 4 rings (SSSR count). The third kappa shape index (κ3) is 4.00. The fourth-order valence-corrected chi connectivity index (χ4v) is 3.03. The largest absolute Gasteiger partial charge is 0.416 e. The molecule has 0 radical (unpaired) electrons. The van der Waals surface area contributed by atoms with Crippen molar-refractivity contribution in [2.45, 2.75) is 12.6 Å². The lowest BCUT2D eigenvalue weighted by molar-refractivity contribution is -0.137. The summed E-state index contributed by atoms with van der Waals surface area (Å²) in [6, 6.07) is 12.3. The van der Waals surface area contributed by atoms with Crippen molar-refractivity contribution < 1.29 is 22.4 Å². The van der Waals surface area contributed by atoms with Crippen LogP contribution in [0.5, 0.6) is 0 Å². The van der Waals surface area contributed by atoms with Crippen molar-refractivity contribution >= 4 is 17.4 Å². The molecule has 1 aromatic carbocycles. The highest BCUT2D eigenvalue weighted by molar-refractivity contribution is 5.95. The fraction of sp³-hybridized carbons (Fsp3) is 0.0952. The quantitative estimate of drug-likeness (QED) is 0.491. The van der Waals surface area contributed by atoms with Gasteiger partial charge in [-0.05, 0) is 42.0 Å². The first-order valence-corrected chi connectivity index (χ1v) is 8.86. The summed E-state index contributed by atoms with van der Waals surface area (Å²) in [5.74, 6) is -0.782. The van der Waals surface area contributed by atoms with E-state index in [1.54, 1.807) is 28.8 Å². The third-order valence-electron chi connectivity index (χ3n) is 4.40. The van der Waals surface area contributed by atoms with Crippen LogP contribution in [-0.4, -0.2) is 20.3 Å². The maximum atomic E-state index is 13.2. The first-order chi connectivity index (χ1) is 14.3. The molecular formula is C21H14F4N4O. The summed E-state index contributed by atoms with van der Waals surface area (Å²) in [6.07, 6.45) is -1.91. The van der Waals surface area contributed by atoms with Crippen molar-refractivity contribution in [2.75, 3.05) is 5.32 Å². The summed E-state index contributed by atoms with van der Waals surface area (Å²) >= 11 is 0. The number of carbonyl (C=O) groups is 1. The number of aromatic nitrogens is 3. The van der Waals surface area contributed by atoms with Gasteiger partial charge in [0.1, 0.15) is 17.2 Å². The minimum Gasteiger partial charge on any atom is -0.309 e. The second-order valence-electron chi connectivity index (χ2n) is 6.52. The SMILES string of the molecule is O=C(Cc1ccc(F)cc1)Nc1nc2ccccn2c1-c1cc(C(F)(F)F)ccn1. The number of anilines is 1. The van der Waals surface area contributed by atoms with E-state index in [0.717, 1.165) is 18.3 Å². The predicted octanol–water partition coefficient (Wildman–Crippen LogP) is 4.74. The van der Waals surface area contributed by atoms with E-state index in [1.807, 2.05) is 0 Å². The second kappa shape index (κ2) is 7.58. The zero-order valence-electron chi connectivity index (χ0n) is 15.3. The number of hydrogen-bond acceptors (Lipinski definition) is 3. The Morgan fingerprint density at radius 2 is 1.83 bits per heavy atom. The molecular weight excluding hydrogens is 400 g/mol. The average Bonchev–Trinajstić information content (AvgIpc) is 3.07. The van der Waals surface area contributed by atoms with Gasteiger partial charge in [0.2, 0.25) is 5.91 Å². The first-order valence-electron chi connectivity index (χ1n) is 8.86. The number of carbonyl (C=O) groups excluding carboxylic acids is 1. The van der Waals surface area contributed by atoms with Gasteiger partial charge in [0.15, 0.2) is 5.82 Å². The molecule has 1 amide bonds. The molecule has 0 fully saturated rings. The van der Waals surface area contributed by atoms with Gasteiger partial charge < -0.3 is 5.32 Å². The number of rotatable bonds is 4. The third-order valence-corrected chi connectivity index (χ3v) is 4.40. The van der Waals surface area contributed by atoms with Crippen molar-refractivity contribution in [2.24, 2.45) is 0 Å². The molecule has 152 valence electrons. The number of pyridine rings is 2. The van der Waals surface area contributed by atoms with Crippen LogP contribution in [0.25, 0.3) is 17.0 Å². The Balaban J connectivity index is 1.72. The summed E-state index contributed by atoms with van der Waals surface area (Å²) in [7, 11) is 0. The van der Waals surface area contributed by atoms with Gasteiger partial charge in [-0.25, -0.2) is 9.37 Å². The lowest BCUT2D eigenvalue weighted by atomic mass is 10.1. The molecule has 0 bridgehead atoms. The Morgan fingerprint density at radius 3 is 2.57 bits per heavy atom. The van der Waals surface area contributed by atoms with Crippen LogP contribution >= 0.6 is 0 Å². The van der Waals surface area contributed by atoms with Gasteiger partial charge in [-0.2, -0.15) is 13.2 Å². The number of imidazole rings is 1. The van der Waals surface area contributed by atoms with Crippen LogP contribution in [0, 0.1) is 5.82 Å². The van der Waals surface area contributed by atoms with E-state index in [0.29, 0.717) is 11.2 Å². The lowest BCUT2D eigenvalue weighted by Crippen LogP contribution is -2.15. The monoisotopic (exact) mass is 414 g/mol. The number of halogens is 4.